The second-order valence-electron chi connectivity index (χ2n) is 8.08. The number of carbonyl (C=O) groups excluding carboxylic acids is 1. The number of rotatable bonds is 4. The number of hydrogen-bond acceptors (Lipinski definition) is 4. The quantitative estimate of drug-likeness (QED) is 0.621. The van der Waals surface area contributed by atoms with E-state index < -0.39 is 32.6 Å². The molecule has 1 atom stereocenters. The molecule has 2 aromatic carbocycles. The van der Waals surface area contributed by atoms with E-state index >= 15 is 0 Å². The van der Waals surface area contributed by atoms with Gasteiger partial charge in [0.15, 0.2) is 0 Å². The number of benzene rings is 2. The molecular formula is C22H22F4N2O3S2. The van der Waals surface area contributed by atoms with E-state index in [9.17, 15) is 30.8 Å². The zero-order chi connectivity index (χ0) is 23.8. The van der Waals surface area contributed by atoms with Crippen LogP contribution in [0.25, 0.3) is 0 Å². The topological polar surface area (TPSA) is 66.5 Å². The van der Waals surface area contributed by atoms with E-state index in [0.717, 1.165) is 38.7 Å². The Kier molecular flexibility index (Phi) is 6.75. The molecule has 5 nitrogen and oxygen atoms in total. The van der Waals surface area contributed by atoms with Gasteiger partial charge in [-0.25, -0.2) is 12.8 Å². The van der Waals surface area contributed by atoms with Crippen LogP contribution >= 0.6 is 11.8 Å². The van der Waals surface area contributed by atoms with Crippen molar-refractivity contribution in [3.05, 3.63) is 59.4 Å². The Morgan fingerprint density at radius 3 is 2.48 bits per heavy atom. The van der Waals surface area contributed by atoms with Crippen LogP contribution in [0.1, 0.15) is 36.4 Å². The standard InChI is InChI=1S/C22H22F4N2O3S2/c23-16-4-5-20-18(13-16)19(8-11-32-20)27-21(29)14-6-9-28(10-7-14)33(30,31)17-3-1-2-15(12-17)22(24,25)26/h1-5,12-14,19H,6-11H2,(H,27,29). The SMILES string of the molecule is O=C(NC1CCSc2ccc(F)cc21)C1CCN(S(=O)(=O)c2cccc(C(F)(F)F)c2)CC1. The van der Waals surface area contributed by atoms with E-state index in [-0.39, 0.29) is 43.7 Å². The first-order chi connectivity index (χ1) is 15.6. The third-order valence-corrected chi connectivity index (χ3v) is 8.97. The highest BCUT2D eigenvalue weighted by atomic mass is 32.2. The van der Waals surface area contributed by atoms with Gasteiger partial charge in [0.1, 0.15) is 5.82 Å². The highest BCUT2D eigenvalue weighted by Crippen LogP contribution is 2.37. The van der Waals surface area contributed by atoms with E-state index in [2.05, 4.69) is 5.32 Å². The van der Waals surface area contributed by atoms with E-state index in [1.54, 1.807) is 17.8 Å². The Labute approximate surface area is 193 Å². The zero-order valence-electron chi connectivity index (χ0n) is 17.4. The number of nitrogens with one attached hydrogen (secondary N) is 1. The van der Waals surface area contributed by atoms with Gasteiger partial charge in [-0.15, -0.1) is 11.8 Å². The molecule has 2 aliphatic heterocycles. The predicted octanol–water partition coefficient (Wildman–Crippen LogP) is 4.60. The van der Waals surface area contributed by atoms with Gasteiger partial charge >= 0.3 is 6.18 Å². The first-order valence-electron chi connectivity index (χ1n) is 10.5. The van der Waals surface area contributed by atoms with Crippen molar-refractivity contribution in [2.75, 3.05) is 18.8 Å². The molecule has 0 radical (unpaired) electrons. The molecule has 2 heterocycles. The van der Waals surface area contributed by atoms with E-state index in [1.807, 2.05) is 0 Å². The molecule has 1 fully saturated rings. The van der Waals surface area contributed by atoms with Gasteiger partial charge in [-0.2, -0.15) is 17.5 Å². The molecule has 0 bridgehead atoms. The van der Waals surface area contributed by atoms with Crippen LogP contribution in [0.5, 0.6) is 0 Å². The summed E-state index contributed by atoms with van der Waals surface area (Å²) in [6.07, 6.45) is -3.48. The second kappa shape index (κ2) is 9.27. The Balaban J connectivity index is 1.40. The normalized spacial score (nSPS) is 20.3. The Bertz CT molecular complexity index is 1150. The minimum absolute atomic E-state index is 0.0302. The molecule has 0 aromatic heterocycles. The predicted molar refractivity (Wildman–Crippen MR) is 116 cm³/mol. The van der Waals surface area contributed by atoms with Crippen LogP contribution < -0.4 is 5.32 Å². The molecule has 4 rings (SSSR count). The smallest absolute Gasteiger partial charge is 0.349 e. The molecule has 1 N–H and O–H groups in total. The molecule has 1 saturated heterocycles. The highest BCUT2D eigenvalue weighted by molar-refractivity contribution is 7.99. The molecule has 0 saturated carbocycles. The first-order valence-corrected chi connectivity index (χ1v) is 12.9. The Morgan fingerprint density at radius 1 is 1.06 bits per heavy atom. The summed E-state index contributed by atoms with van der Waals surface area (Å²) in [5, 5.41) is 2.97. The van der Waals surface area contributed by atoms with E-state index in [0.29, 0.717) is 12.5 Å². The lowest BCUT2D eigenvalue weighted by molar-refractivity contribution is -0.137. The fourth-order valence-corrected chi connectivity index (χ4v) is 6.77. The molecule has 1 amide bonds. The largest absolute Gasteiger partial charge is 0.416 e. The highest BCUT2D eigenvalue weighted by Gasteiger charge is 2.36. The van der Waals surface area contributed by atoms with Gasteiger partial charge in [0.25, 0.3) is 0 Å². The maximum absolute atomic E-state index is 13.7. The van der Waals surface area contributed by atoms with Gasteiger partial charge in [-0.1, -0.05) is 6.07 Å². The van der Waals surface area contributed by atoms with Gasteiger partial charge in [0.05, 0.1) is 16.5 Å². The molecule has 2 aromatic rings. The Hall–Kier alpha value is -2.11. The van der Waals surface area contributed by atoms with Crippen LogP contribution in [0, 0.1) is 11.7 Å². The van der Waals surface area contributed by atoms with Gasteiger partial charge in [0, 0.05) is 29.7 Å². The van der Waals surface area contributed by atoms with Crippen LogP contribution in [-0.4, -0.2) is 37.5 Å². The minimum atomic E-state index is -4.64. The number of sulfonamides is 1. The second-order valence-corrected chi connectivity index (χ2v) is 11.2. The average molecular weight is 503 g/mol. The first kappa shape index (κ1) is 24.0. The third-order valence-electron chi connectivity index (χ3n) is 5.95. The van der Waals surface area contributed by atoms with Crippen molar-refractivity contribution in [1.29, 1.82) is 0 Å². The maximum atomic E-state index is 13.7. The summed E-state index contributed by atoms with van der Waals surface area (Å²) in [4.78, 5) is 13.3. The molecule has 33 heavy (non-hydrogen) atoms. The van der Waals surface area contributed by atoms with Crippen molar-refractivity contribution in [3.8, 4) is 0 Å². The van der Waals surface area contributed by atoms with Crippen molar-refractivity contribution >= 4 is 27.7 Å². The molecule has 0 aliphatic carbocycles. The lowest BCUT2D eigenvalue weighted by Crippen LogP contribution is -2.44. The van der Waals surface area contributed by atoms with E-state index in [4.69, 9.17) is 0 Å². The van der Waals surface area contributed by atoms with Crippen molar-refractivity contribution < 1.29 is 30.8 Å². The summed E-state index contributed by atoms with van der Waals surface area (Å²) in [5.41, 5.74) is -0.288. The number of hydrogen-bond donors (Lipinski definition) is 1. The number of alkyl halides is 3. The number of nitrogens with zero attached hydrogens (tertiary/aromatic N) is 1. The summed E-state index contributed by atoms with van der Waals surface area (Å²) >= 11 is 1.61. The maximum Gasteiger partial charge on any atom is 0.416 e. The van der Waals surface area contributed by atoms with E-state index in [1.165, 1.54) is 12.1 Å². The number of piperidine rings is 1. The molecule has 2 aliphatic rings. The molecular weight excluding hydrogens is 480 g/mol. The average Bonchev–Trinajstić information content (AvgIpc) is 2.79. The van der Waals surface area contributed by atoms with Gasteiger partial charge in [-0.3, -0.25) is 4.79 Å². The lowest BCUT2D eigenvalue weighted by atomic mass is 9.95. The minimum Gasteiger partial charge on any atom is -0.349 e. The number of carbonyl (C=O) groups is 1. The summed E-state index contributed by atoms with van der Waals surface area (Å²) in [6, 6.07) is 7.86. The van der Waals surface area contributed by atoms with Crippen LogP contribution in [0.15, 0.2) is 52.3 Å². The van der Waals surface area contributed by atoms with Gasteiger partial charge in [-0.05, 0) is 61.2 Å². The summed E-state index contributed by atoms with van der Waals surface area (Å²) < 4.78 is 79.4. The van der Waals surface area contributed by atoms with Crippen molar-refractivity contribution in [2.45, 2.75) is 41.3 Å². The monoisotopic (exact) mass is 502 g/mol. The van der Waals surface area contributed by atoms with Crippen LogP contribution in [-0.2, 0) is 21.0 Å². The molecule has 11 heteroatoms. The summed E-state index contributed by atoms with van der Waals surface area (Å²) in [6.45, 7) is 0.0603. The third kappa shape index (κ3) is 5.20. The number of thioether (sulfide) groups is 1. The van der Waals surface area contributed by atoms with Crippen LogP contribution in [0.3, 0.4) is 0 Å². The Morgan fingerprint density at radius 2 is 1.79 bits per heavy atom. The summed E-state index contributed by atoms with van der Waals surface area (Å²) in [7, 11) is -4.11. The fraction of sp³-hybridized carbons (Fsp3) is 0.409. The zero-order valence-corrected chi connectivity index (χ0v) is 19.1. The molecule has 1 unspecified atom stereocenters. The summed E-state index contributed by atoms with van der Waals surface area (Å²) in [5.74, 6) is -0.233. The van der Waals surface area contributed by atoms with Crippen molar-refractivity contribution in [2.24, 2.45) is 5.92 Å². The molecule has 178 valence electrons. The number of halogens is 4. The number of fused-ring (bicyclic) bond motifs is 1. The lowest BCUT2D eigenvalue weighted by Gasteiger charge is -2.32. The fourth-order valence-electron chi connectivity index (χ4n) is 4.15. The van der Waals surface area contributed by atoms with Crippen LogP contribution in [0.2, 0.25) is 0 Å². The van der Waals surface area contributed by atoms with Crippen molar-refractivity contribution in [3.63, 3.8) is 0 Å². The van der Waals surface area contributed by atoms with Crippen molar-refractivity contribution in [1.82, 2.24) is 9.62 Å². The van der Waals surface area contributed by atoms with Gasteiger partial charge < -0.3 is 5.32 Å². The molecule has 0 spiro atoms. The number of amides is 1. The van der Waals surface area contributed by atoms with Gasteiger partial charge in [0.2, 0.25) is 15.9 Å². The van der Waals surface area contributed by atoms with Crippen LogP contribution in [0.4, 0.5) is 17.6 Å².